The third-order valence-corrected chi connectivity index (χ3v) is 14.8. The zero-order valence-electron chi connectivity index (χ0n) is 12.8. The Morgan fingerprint density at radius 2 is 0.950 bits per heavy atom. The summed E-state index contributed by atoms with van der Waals surface area (Å²) in [4.78, 5) is 0. The second-order valence-corrected chi connectivity index (χ2v) is 13.6. The minimum absolute atomic E-state index is 0.396. The van der Waals surface area contributed by atoms with E-state index in [0.29, 0.717) is 11.3 Å². The summed E-state index contributed by atoms with van der Waals surface area (Å²) in [6.45, 7) is 9.07. The Bertz CT molecular complexity index is 509. The summed E-state index contributed by atoms with van der Waals surface area (Å²) >= 11 is 7.65. The molecule has 0 saturated carbocycles. The van der Waals surface area contributed by atoms with E-state index >= 15 is 0 Å². The average molecular weight is 307 g/mol. The molecule has 0 fully saturated rings. The quantitative estimate of drug-likeness (QED) is 0.684. The van der Waals surface area contributed by atoms with Crippen molar-refractivity contribution in [3.8, 4) is 0 Å². The maximum atomic E-state index is 7.65. The van der Waals surface area contributed by atoms with E-state index in [0.717, 1.165) is 0 Å². The van der Waals surface area contributed by atoms with Gasteiger partial charge in [-0.05, 0) is 0 Å². The van der Waals surface area contributed by atoms with Crippen LogP contribution in [0.25, 0.3) is 0 Å². The molecule has 20 heavy (non-hydrogen) atoms. The second-order valence-electron chi connectivity index (χ2n) is 6.00. The number of hydrogen-bond acceptors (Lipinski definition) is 0. The molecule has 0 heterocycles. The standard InChI is InChI=1S/C18H24ClP/c1-15(2)20(19,16(3)4,17-11-7-5-8-12-17)18-13-9-6-10-14-18/h5-16H,1-4H3. The van der Waals surface area contributed by atoms with Gasteiger partial charge in [0.15, 0.2) is 0 Å². The molecule has 0 aromatic heterocycles. The summed E-state index contributed by atoms with van der Waals surface area (Å²) in [6.07, 6.45) is 0. The predicted molar refractivity (Wildman–Crippen MR) is 95.2 cm³/mol. The Balaban J connectivity index is 2.86. The fourth-order valence-corrected chi connectivity index (χ4v) is 9.51. The molecule has 2 rings (SSSR count). The molecule has 108 valence electrons. The predicted octanol–water partition coefficient (Wildman–Crippen LogP) is 5.16. The SMILES string of the molecule is CC(C)P(Cl)(c1ccccc1)(c1ccccc1)C(C)C. The monoisotopic (exact) mass is 306 g/mol. The molecule has 0 nitrogen and oxygen atoms in total. The molecule has 0 bridgehead atoms. The Labute approximate surface area is 127 Å². The van der Waals surface area contributed by atoms with Crippen LogP contribution in [-0.4, -0.2) is 11.3 Å². The van der Waals surface area contributed by atoms with Crippen molar-refractivity contribution < 1.29 is 0 Å². The van der Waals surface area contributed by atoms with E-state index in [1.165, 1.54) is 10.6 Å². The van der Waals surface area contributed by atoms with Gasteiger partial charge in [-0.2, -0.15) is 0 Å². The van der Waals surface area contributed by atoms with Crippen LogP contribution in [-0.2, 0) is 0 Å². The number of hydrogen-bond donors (Lipinski definition) is 0. The molecule has 0 aliphatic heterocycles. The Morgan fingerprint density at radius 3 is 1.20 bits per heavy atom. The van der Waals surface area contributed by atoms with Crippen molar-refractivity contribution in [3.63, 3.8) is 0 Å². The van der Waals surface area contributed by atoms with E-state index in [1.54, 1.807) is 0 Å². The van der Waals surface area contributed by atoms with Gasteiger partial charge in [0.1, 0.15) is 0 Å². The van der Waals surface area contributed by atoms with Crippen LogP contribution in [0.4, 0.5) is 0 Å². The van der Waals surface area contributed by atoms with Crippen LogP contribution in [0.2, 0.25) is 0 Å². The molecular formula is C18H24ClP. The fraction of sp³-hybridized carbons (Fsp3) is 0.333. The van der Waals surface area contributed by atoms with Crippen LogP contribution >= 0.6 is 17.2 Å². The summed E-state index contributed by atoms with van der Waals surface area (Å²) in [5.41, 5.74) is 0.792. The minimum atomic E-state index is -2.73. The van der Waals surface area contributed by atoms with Crippen LogP contribution in [0.15, 0.2) is 60.7 Å². The normalized spacial score (nSPS) is 14.2. The summed E-state index contributed by atoms with van der Waals surface area (Å²) in [5, 5.41) is 2.60. The molecule has 2 aromatic rings. The van der Waals surface area contributed by atoms with E-state index in [9.17, 15) is 0 Å². The Morgan fingerprint density at radius 1 is 0.650 bits per heavy atom. The number of halogens is 1. The zero-order valence-corrected chi connectivity index (χ0v) is 14.4. The molecule has 0 saturated heterocycles. The topological polar surface area (TPSA) is 0 Å². The molecule has 0 atom stereocenters. The van der Waals surface area contributed by atoms with Gasteiger partial charge in [0, 0.05) is 0 Å². The van der Waals surface area contributed by atoms with E-state index in [2.05, 4.69) is 88.4 Å². The van der Waals surface area contributed by atoms with Gasteiger partial charge in [0.2, 0.25) is 0 Å². The van der Waals surface area contributed by atoms with Gasteiger partial charge in [0.05, 0.1) is 0 Å². The van der Waals surface area contributed by atoms with E-state index in [4.69, 9.17) is 11.2 Å². The molecule has 0 aliphatic carbocycles. The maximum absolute atomic E-state index is 7.65. The molecule has 0 unspecified atom stereocenters. The fourth-order valence-electron chi connectivity index (χ4n) is 3.40. The van der Waals surface area contributed by atoms with Crippen LogP contribution in [0, 0.1) is 0 Å². The zero-order chi connectivity index (χ0) is 14.8. The third kappa shape index (κ3) is 2.01. The van der Waals surface area contributed by atoms with Crippen LogP contribution in [0.1, 0.15) is 27.7 Å². The number of rotatable bonds is 4. The van der Waals surface area contributed by atoms with Crippen molar-refractivity contribution >= 4 is 27.8 Å². The molecule has 0 amide bonds. The average Bonchev–Trinajstić information content (AvgIpc) is 2.48. The summed E-state index contributed by atoms with van der Waals surface area (Å²) in [5.74, 6) is -2.73. The summed E-state index contributed by atoms with van der Waals surface area (Å²) < 4.78 is 0. The first-order valence-electron chi connectivity index (χ1n) is 7.26. The number of benzene rings is 2. The van der Waals surface area contributed by atoms with Crippen LogP contribution in [0.5, 0.6) is 0 Å². The first-order valence-corrected chi connectivity index (χ1v) is 10.5. The molecule has 2 aromatic carbocycles. The first kappa shape index (κ1) is 15.5. The van der Waals surface area contributed by atoms with Gasteiger partial charge < -0.3 is 0 Å². The van der Waals surface area contributed by atoms with Gasteiger partial charge in [-0.3, -0.25) is 0 Å². The van der Waals surface area contributed by atoms with E-state index in [-0.39, 0.29) is 0 Å². The molecule has 0 spiro atoms. The first-order chi connectivity index (χ1) is 9.42. The molecule has 0 N–H and O–H groups in total. The van der Waals surface area contributed by atoms with Crippen molar-refractivity contribution in [2.45, 2.75) is 39.0 Å². The molecule has 0 aliphatic rings. The summed E-state index contributed by atoms with van der Waals surface area (Å²) in [6, 6.07) is 21.4. The van der Waals surface area contributed by atoms with Crippen LogP contribution in [0.3, 0.4) is 0 Å². The van der Waals surface area contributed by atoms with Crippen molar-refractivity contribution in [2.75, 3.05) is 0 Å². The second kappa shape index (κ2) is 5.51. The van der Waals surface area contributed by atoms with Crippen molar-refractivity contribution in [1.82, 2.24) is 0 Å². The van der Waals surface area contributed by atoms with E-state index < -0.39 is 5.96 Å². The van der Waals surface area contributed by atoms with Gasteiger partial charge in [-0.1, -0.05) is 0 Å². The van der Waals surface area contributed by atoms with Gasteiger partial charge in [0.25, 0.3) is 0 Å². The molecule has 0 radical (unpaired) electrons. The Hall–Kier alpha value is -0.840. The van der Waals surface area contributed by atoms with Gasteiger partial charge >= 0.3 is 127 Å². The van der Waals surface area contributed by atoms with Crippen molar-refractivity contribution in [2.24, 2.45) is 0 Å². The molecular weight excluding hydrogens is 283 g/mol. The van der Waals surface area contributed by atoms with Gasteiger partial charge in [-0.25, -0.2) is 0 Å². The van der Waals surface area contributed by atoms with E-state index in [1.807, 2.05) is 0 Å². The van der Waals surface area contributed by atoms with Crippen molar-refractivity contribution in [3.05, 3.63) is 60.7 Å². The summed E-state index contributed by atoms with van der Waals surface area (Å²) in [7, 11) is 0. The third-order valence-electron chi connectivity index (χ3n) is 4.58. The van der Waals surface area contributed by atoms with Crippen molar-refractivity contribution in [1.29, 1.82) is 0 Å². The van der Waals surface area contributed by atoms with Crippen LogP contribution < -0.4 is 10.6 Å². The Kier molecular flexibility index (Phi) is 4.28. The molecule has 2 heteroatoms. The van der Waals surface area contributed by atoms with Gasteiger partial charge in [-0.15, -0.1) is 0 Å².